The van der Waals surface area contributed by atoms with E-state index in [2.05, 4.69) is 45.4 Å². The zero-order valence-electron chi connectivity index (χ0n) is 11.5. The molecular weight excluding hydrogens is 387 g/mol. The molecule has 0 heterocycles. The lowest BCUT2D eigenvalue weighted by Crippen LogP contribution is -1.97. The molecule has 0 saturated heterocycles. The number of halogens is 2. The van der Waals surface area contributed by atoms with Gasteiger partial charge in [0.15, 0.2) is 0 Å². The summed E-state index contributed by atoms with van der Waals surface area (Å²) in [5.74, 6) is 0. The van der Waals surface area contributed by atoms with Crippen LogP contribution in [0.4, 0.5) is 0 Å². The van der Waals surface area contributed by atoms with Crippen LogP contribution < -0.4 is 0 Å². The molecule has 0 aliphatic carbocycles. The Bertz CT molecular complexity index is 139. The van der Waals surface area contributed by atoms with Crippen molar-refractivity contribution in [2.24, 2.45) is 0 Å². The van der Waals surface area contributed by atoms with E-state index in [0.717, 1.165) is 3.92 Å². The molecule has 0 aromatic heterocycles. The van der Waals surface area contributed by atoms with Crippen LogP contribution in [0.25, 0.3) is 0 Å². The lowest BCUT2D eigenvalue weighted by molar-refractivity contribution is 0.559. The maximum atomic E-state index is 3.49. The first-order valence-corrected chi connectivity index (χ1v) is 9.88. The van der Waals surface area contributed by atoms with Gasteiger partial charge in [-0.1, -0.05) is 103 Å². The fraction of sp³-hybridized carbons (Fsp3) is 1.00. The van der Waals surface area contributed by atoms with Gasteiger partial charge < -0.3 is 0 Å². The summed E-state index contributed by atoms with van der Waals surface area (Å²) in [4.78, 5) is 0. The summed E-state index contributed by atoms with van der Waals surface area (Å²) in [5.41, 5.74) is 0. The van der Waals surface area contributed by atoms with E-state index in [0.29, 0.717) is 0 Å². The van der Waals surface area contributed by atoms with Crippen LogP contribution in [0.3, 0.4) is 0 Å². The minimum absolute atomic E-state index is 0.933. The summed E-state index contributed by atoms with van der Waals surface area (Å²) in [6, 6.07) is 0. The van der Waals surface area contributed by atoms with Gasteiger partial charge >= 0.3 is 0 Å². The topological polar surface area (TPSA) is 0 Å². The van der Waals surface area contributed by atoms with Crippen molar-refractivity contribution in [2.75, 3.05) is 5.33 Å². The molecule has 104 valence electrons. The molecule has 0 fully saturated rings. The number of alkyl halides is 2. The second-order valence-corrected chi connectivity index (χ2v) is 7.60. The summed E-state index contributed by atoms with van der Waals surface area (Å²) in [5, 5.41) is 1.18. The van der Waals surface area contributed by atoms with Gasteiger partial charge in [-0.25, -0.2) is 0 Å². The van der Waals surface area contributed by atoms with E-state index in [9.17, 15) is 0 Å². The number of hydrogen-bond acceptors (Lipinski definition) is 0. The molecule has 0 saturated carbocycles. The third-order valence-corrected chi connectivity index (χ3v) is 5.08. The van der Waals surface area contributed by atoms with Crippen LogP contribution in [0, 0.1) is 0 Å². The molecule has 0 rings (SSSR count). The van der Waals surface area contributed by atoms with Gasteiger partial charge in [0.1, 0.15) is 0 Å². The van der Waals surface area contributed by atoms with Gasteiger partial charge in [0.05, 0.1) is 0 Å². The molecule has 0 aromatic carbocycles. The van der Waals surface area contributed by atoms with Crippen LogP contribution in [0.2, 0.25) is 0 Å². The largest absolute Gasteiger partial charge is 0.0928 e. The van der Waals surface area contributed by atoms with Crippen LogP contribution in [0.1, 0.15) is 84.0 Å². The molecule has 0 bridgehead atoms. The van der Waals surface area contributed by atoms with Crippen molar-refractivity contribution in [2.45, 2.75) is 87.9 Å². The second-order valence-electron chi connectivity index (χ2n) is 5.05. The van der Waals surface area contributed by atoms with E-state index in [1.54, 1.807) is 0 Å². The Morgan fingerprint density at radius 3 is 1.76 bits per heavy atom. The standard InChI is InChI=1S/C15H30BrI/c1-2-3-4-5-6-9-12-15(17)13-10-7-8-11-14-16/h15H,2-14H2,1H3. The van der Waals surface area contributed by atoms with Gasteiger partial charge in [-0.15, -0.1) is 0 Å². The average molecular weight is 417 g/mol. The van der Waals surface area contributed by atoms with E-state index in [4.69, 9.17) is 0 Å². The first-order valence-electron chi connectivity index (χ1n) is 7.51. The molecule has 0 N–H and O–H groups in total. The van der Waals surface area contributed by atoms with Crippen LogP contribution in [-0.4, -0.2) is 9.25 Å². The normalized spacial score (nSPS) is 12.9. The van der Waals surface area contributed by atoms with Crippen LogP contribution >= 0.6 is 38.5 Å². The first-order chi connectivity index (χ1) is 8.31. The third-order valence-electron chi connectivity index (χ3n) is 3.27. The van der Waals surface area contributed by atoms with Gasteiger partial charge in [0, 0.05) is 9.25 Å². The summed E-state index contributed by atoms with van der Waals surface area (Å²) in [6.07, 6.45) is 17.2. The average Bonchev–Trinajstić information content (AvgIpc) is 2.33. The Morgan fingerprint density at radius 1 is 0.765 bits per heavy atom. The molecule has 17 heavy (non-hydrogen) atoms. The Kier molecular flexibility index (Phi) is 16.4. The molecule has 1 unspecified atom stereocenters. The Labute approximate surface area is 131 Å². The number of hydrogen-bond donors (Lipinski definition) is 0. The first kappa shape index (κ1) is 18.2. The molecule has 0 amide bonds. The minimum atomic E-state index is 0.933. The van der Waals surface area contributed by atoms with Crippen LogP contribution in [-0.2, 0) is 0 Å². The van der Waals surface area contributed by atoms with Crippen molar-refractivity contribution >= 4 is 38.5 Å². The summed E-state index contributed by atoms with van der Waals surface area (Å²) >= 11 is 6.15. The Balaban J connectivity index is 3.09. The summed E-state index contributed by atoms with van der Waals surface area (Å²) < 4.78 is 0.933. The van der Waals surface area contributed by atoms with Gasteiger partial charge in [-0.05, 0) is 19.3 Å². The molecule has 0 aromatic rings. The molecule has 0 radical (unpaired) electrons. The number of rotatable bonds is 13. The summed E-state index contributed by atoms with van der Waals surface area (Å²) in [6.45, 7) is 2.29. The van der Waals surface area contributed by atoms with Gasteiger partial charge in [-0.2, -0.15) is 0 Å². The SMILES string of the molecule is CCCCCCCCC(I)CCCCCCBr. The van der Waals surface area contributed by atoms with Gasteiger partial charge in [-0.3, -0.25) is 0 Å². The van der Waals surface area contributed by atoms with Crippen molar-refractivity contribution in [3.8, 4) is 0 Å². The van der Waals surface area contributed by atoms with Crippen molar-refractivity contribution < 1.29 is 0 Å². The highest BCUT2D eigenvalue weighted by Crippen LogP contribution is 2.19. The molecule has 1 atom stereocenters. The van der Waals surface area contributed by atoms with Gasteiger partial charge in [0.25, 0.3) is 0 Å². The van der Waals surface area contributed by atoms with Crippen LogP contribution in [0.5, 0.6) is 0 Å². The maximum Gasteiger partial charge on any atom is 0.0110 e. The fourth-order valence-corrected chi connectivity index (χ4v) is 3.38. The summed E-state index contributed by atoms with van der Waals surface area (Å²) in [7, 11) is 0. The van der Waals surface area contributed by atoms with E-state index in [1.807, 2.05) is 0 Å². The van der Waals surface area contributed by atoms with E-state index < -0.39 is 0 Å². The highest BCUT2D eigenvalue weighted by molar-refractivity contribution is 14.1. The third kappa shape index (κ3) is 15.2. The Hall–Kier alpha value is 1.21. The van der Waals surface area contributed by atoms with E-state index in [1.165, 1.54) is 82.4 Å². The molecular formula is C15H30BrI. The molecule has 2 heteroatoms. The lowest BCUT2D eigenvalue weighted by atomic mass is 10.0. The quantitative estimate of drug-likeness (QED) is 0.174. The highest BCUT2D eigenvalue weighted by Gasteiger charge is 2.03. The molecule has 0 aliphatic rings. The van der Waals surface area contributed by atoms with Crippen molar-refractivity contribution in [1.82, 2.24) is 0 Å². The number of unbranched alkanes of at least 4 members (excludes halogenated alkanes) is 8. The second kappa shape index (κ2) is 15.3. The monoisotopic (exact) mass is 416 g/mol. The highest BCUT2D eigenvalue weighted by atomic mass is 127. The molecule has 0 nitrogen and oxygen atoms in total. The predicted molar refractivity (Wildman–Crippen MR) is 92.7 cm³/mol. The van der Waals surface area contributed by atoms with E-state index in [-0.39, 0.29) is 0 Å². The zero-order chi connectivity index (χ0) is 12.8. The molecule has 0 aliphatic heterocycles. The van der Waals surface area contributed by atoms with E-state index >= 15 is 0 Å². The smallest absolute Gasteiger partial charge is 0.0110 e. The zero-order valence-corrected chi connectivity index (χ0v) is 15.3. The van der Waals surface area contributed by atoms with Crippen molar-refractivity contribution in [1.29, 1.82) is 0 Å². The van der Waals surface area contributed by atoms with Gasteiger partial charge in [0.2, 0.25) is 0 Å². The lowest BCUT2D eigenvalue weighted by Gasteiger charge is -2.09. The predicted octanol–water partition coefficient (Wildman–Crippen LogP) is 6.89. The molecule has 0 spiro atoms. The Morgan fingerprint density at radius 2 is 1.24 bits per heavy atom. The minimum Gasteiger partial charge on any atom is -0.0928 e. The van der Waals surface area contributed by atoms with Crippen LogP contribution in [0.15, 0.2) is 0 Å². The van der Waals surface area contributed by atoms with Crippen molar-refractivity contribution in [3.63, 3.8) is 0 Å². The maximum absolute atomic E-state index is 3.49. The fourth-order valence-electron chi connectivity index (χ4n) is 2.10. The van der Waals surface area contributed by atoms with Crippen molar-refractivity contribution in [3.05, 3.63) is 0 Å².